The molecule has 3 aromatic rings. The fourth-order valence-corrected chi connectivity index (χ4v) is 3.81. The molecule has 1 aromatic carbocycles. The highest BCUT2D eigenvalue weighted by Gasteiger charge is 2.20. The average Bonchev–Trinajstić information content (AvgIpc) is 2.88. The van der Waals surface area contributed by atoms with Crippen LogP contribution in [0.15, 0.2) is 42.9 Å². The van der Waals surface area contributed by atoms with E-state index in [-0.39, 0.29) is 11.5 Å². The number of hydrogen-bond acceptors (Lipinski definition) is 9. The number of ether oxygens (including phenoxy) is 2. The Hall–Kier alpha value is -3.70. The lowest BCUT2D eigenvalue weighted by Crippen LogP contribution is -2.36. The Morgan fingerprint density at radius 1 is 1.26 bits per heavy atom. The molecular formula is C23H28BN7O3. The number of rotatable bonds is 8. The smallest absolute Gasteiger partial charge is 0.278 e. The summed E-state index contributed by atoms with van der Waals surface area (Å²) < 4.78 is 11.0. The largest absolute Gasteiger partial charge is 0.496 e. The Bertz CT molecular complexity index is 1160. The van der Waals surface area contributed by atoms with E-state index in [1.807, 2.05) is 32.2 Å². The quantitative estimate of drug-likeness (QED) is 0.419. The minimum atomic E-state index is -0.459. The van der Waals surface area contributed by atoms with Crippen molar-refractivity contribution in [2.75, 3.05) is 55.9 Å². The number of nitrogens with one attached hydrogen (secondary N) is 2. The predicted molar refractivity (Wildman–Crippen MR) is 134 cm³/mol. The van der Waals surface area contributed by atoms with Gasteiger partial charge in [0.1, 0.15) is 5.75 Å². The number of morpholine rings is 1. The molecule has 176 valence electrons. The maximum Gasteiger partial charge on any atom is 0.278 e. The van der Waals surface area contributed by atoms with E-state index in [9.17, 15) is 4.79 Å². The summed E-state index contributed by atoms with van der Waals surface area (Å²) in [7, 11) is 3.52. The number of methoxy groups -OCH3 is 1. The van der Waals surface area contributed by atoms with Crippen LogP contribution in [0.5, 0.6) is 5.75 Å². The minimum absolute atomic E-state index is 0.0376. The molecule has 4 rings (SSSR count). The van der Waals surface area contributed by atoms with Gasteiger partial charge in [-0.2, -0.15) is 0 Å². The van der Waals surface area contributed by atoms with Crippen LogP contribution in [0.1, 0.15) is 16.1 Å². The van der Waals surface area contributed by atoms with Crippen LogP contribution in [0.4, 0.5) is 17.2 Å². The lowest BCUT2D eigenvalue weighted by Gasteiger charge is -2.30. The van der Waals surface area contributed by atoms with Crippen molar-refractivity contribution in [1.29, 1.82) is 0 Å². The molecule has 1 saturated heterocycles. The summed E-state index contributed by atoms with van der Waals surface area (Å²) in [6, 6.07) is 7.77. The molecule has 0 radical (unpaired) electrons. The summed E-state index contributed by atoms with van der Waals surface area (Å²) in [5.74, 6) is 0.238. The van der Waals surface area contributed by atoms with Gasteiger partial charge in [-0.3, -0.25) is 9.78 Å². The van der Waals surface area contributed by atoms with Gasteiger partial charge in [-0.25, -0.2) is 9.97 Å². The number of carbonyl (C=O) groups is 1. The van der Waals surface area contributed by atoms with Gasteiger partial charge in [0, 0.05) is 24.8 Å². The summed E-state index contributed by atoms with van der Waals surface area (Å²) in [5, 5.41) is 6.04. The highest BCUT2D eigenvalue weighted by atomic mass is 16.5. The number of carbonyl (C=O) groups excluding carboxylic acids is 1. The van der Waals surface area contributed by atoms with E-state index in [0.717, 1.165) is 42.9 Å². The van der Waals surface area contributed by atoms with Gasteiger partial charge in [0.15, 0.2) is 19.5 Å². The van der Waals surface area contributed by atoms with Crippen LogP contribution in [0.25, 0.3) is 11.3 Å². The molecular weight excluding hydrogens is 433 g/mol. The molecule has 1 aliphatic rings. The number of nitrogens with two attached hydrogens (primary N) is 1. The molecule has 0 unspecified atom stereocenters. The van der Waals surface area contributed by atoms with Crippen LogP contribution >= 0.6 is 0 Å². The third kappa shape index (κ3) is 5.27. The first-order chi connectivity index (χ1) is 16.6. The van der Waals surface area contributed by atoms with E-state index in [1.165, 1.54) is 0 Å². The maximum atomic E-state index is 13.2. The standard InChI is InChI=1S/C23H28BN7O3/c1-33-20-12-15(4-7-28-24)2-3-16(20)17-14-27-22(25)21(29-17)23(32)30-18-13-26-6-5-19(18)31-8-10-34-11-9-31/h2-3,5-6,12-14,28H,4,7-11,24H2,1H3,(H2,25,27)(H,30,32). The lowest BCUT2D eigenvalue weighted by molar-refractivity contribution is 0.102. The van der Waals surface area contributed by atoms with Gasteiger partial charge in [-0.05, 0) is 36.7 Å². The van der Waals surface area contributed by atoms with Crippen LogP contribution in [0.2, 0.25) is 0 Å². The van der Waals surface area contributed by atoms with Crippen molar-refractivity contribution in [3.05, 3.63) is 54.1 Å². The van der Waals surface area contributed by atoms with Crippen molar-refractivity contribution in [2.24, 2.45) is 0 Å². The number of amides is 1. The second-order valence-electron chi connectivity index (χ2n) is 7.82. The highest BCUT2D eigenvalue weighted by Crippen LogP contribution is 2.31. The molecule has 1 aliphatic heterocycles. The molecule has 4 N–H and O–H groups in total. The first kappa shape index (κ1) is 23.5. The Morgan fingerprint density at radius 3 is 2.85 bits per heavy atom. The average molecular weight is 461 g/mol. The fourth-order valence-electron chi connectivity index (χ4n) is 3.81. The number of aromatic nitrogens is 3. The van der Waals surface area contributed by atoms with E-state index in [2.05, 4.69) is 30.4 Å². The molecule has 0 spiro atoms. The summed E-state index contributed by atoms with van der Waals surface area (Å²) in [5.41, 5.74) is 9.87. The van der Waals surface area contributed by atoms with Crippen LogP contribution in [0.3, 0.4) is 0 Å². The summed E-state index contributed by atoms with van der Waals surface area (Å²) in [4.78, 5) is 28.2. The number of nitrogens with zero attached hydrogens (tertiary/aromatic N) is 4. The van der Waals surface area contributed by atoms with Crippen LogP contribution in [0, 0.1) is 0 Å². The normalized spacial score (nSPS) is 13.5. The van der Waals surface area contributed by atoms with Gasteiger partial charge < -0.3 is 30.7 Å². The molecule has 3 heterocycles. The van der Waals surface area contributed by atoms with E-state index in [0.29, 0.717) is 30.3 Å². The van der Waals surface area contributed by atoms with Crippen LogP contribution in [-0.2, 0) is 11.2 Å². The van der Waals surface area contributed by atoms with Gasteiger partial charge in [-0.1, -0.05) is 6.07 Å². The van der Waals surface area contributed by atoms with Crippen molar-refractivity contribution in [1.82, 2.24) is 20.2 Å². The highest BCUT2D eigenvalue weighted by molar-refractivity contribution is 6.07. The van der Waals surface area contributed by atoms with Gasteiger partial charge in [-0.15, -0.1) is 0 Å². The lowest BCUT2D eigenvalue weighted by atomic mass is 10.1. The molecule has 1 fully saturated rings. The van der Waals surface area contributed by atoms with E-state index in [1.54, 1.807) is 25.7 Å². The third-order valence-corrected chi connectivity index (χ3v) is 5.62. The van der Waals surface area contributed by atoms with Crippen molar-refractivity contribution < 1.29 is 14.3 Å². The van der Waals surface area contributed by atoms with Gasteiger partial charge in [0.05, 0.1) is 49.8 Å². The molecule has 0 saturated carbocycles. The zero-order valence-corrected chi connectivity index (χ0v) is 19.4. The first-order valence-corrected chi connectivity index (χ1v) is 11.1. The molecule has 1 amide bonds. The minimum Gasteiger partial charge on any atom is -0.496 e. The molecule has 11 heteroatoms. The number of benzene rings is 1. The number of hydrogen-bond donors (Lipinski definition) is 3. The van der Waals surface area contributed by atoms with E-state index in [4.69, 9.17) is 15.2 Å². The SMILES string of the molecule is BNCCc1ccc(-c2cnc(N)c(C(=O)Nc3cnccc3N3CCOCC3)n2)c(OC)c1. The molecule has 0 aliphatic carbocycles. The summed E-state index contributed by atoms with van der Waals surface area (Å²) in [6.07, 6.45) is 5.72. The fraction of sp³-hybridized carbons (Fsp3) is 0.304. The van der Waals surface area contributed by atoms with Crippen LogP contribution in [-0.4, -0.2) is 68.8 Å². The first-order valence-electron chi connectivity index (χ1n) is 11.1. The molecule has 10 nitrogen and oxygen atoms in total. The maximum absolute atomic E-state index is 13.2. The zero-order chi connectivity index (χ0) is 23.9. The number of anilines is 3. The Morgan fingerprint density at radius 2 is 2.09 bits per heavy atom. The topological polar surface area (TPSA) is 128 Å². The van der Waals surface area contributed by atoms with Gasteiger partial charge in [0.25, 0.3) is 5.91 Å². The second kappa shape index (κ2) is 10.9. The molecule has 0 bridgehead atoms. The van der Waals surface area contributed by atoms with Crippen molar-refractivity contribution in [3.8, 4) is 17.0 Å². The van der Waals surface area contributed by atoms with Crippen LogP contribution < -0.4 is 25.9 Å². The summed E-state index contributed by atoms with van der Waals surface area (Å²) >= 11 is 0. The van der Waals surface area contributed by atoms with Gasteiger partial charge >= 0.3 is 0 Å². The Kier molecular flexibility index (Phi) is 7.56. The van der Waals surface area contributed by atoms with E-state index >= 15 is 0 Å². The van der Waals surface area contributed by atoms with Crippen molar-refractivity contribution >= 4 is 31.1 Å². The van der Waals surface area contributed by atoms with Gasteiger partial charge in [0.2, 0.25) is 0 Å². The molecule has 2 aromatic heterocycles. The predicted octanol–water partition coefficient (Wildman–Crippen LogP) is 0.898. The van der Waals surface area contributed by atoms with E-state index < -0.39 is 5.91 Å². The third-order valence-electron chi connectivity index (χ3n) is 5.62. The summed E-state index contributed by atoms with van der Waals surface area (Å²) in [6.45, 7) is 3.58. The second-order valence-corrected chi connectivity index (χ2v) is 7.82. The molecule has 0 atom stereocenters. The Balaban J connectivity index is 1.60. The number of pyridine rings is 1. The molecule has 34 heavy (non-hydrogen) atoms. The zero-order valence-electron chi connectivity index (χ0n) is 19.4. The van der Waals surface area contributed by atoms with Crippen molar-refractivity contribution in [2.45, 2.75) is 6.42 Å². The van der Waals surface area contributed by atoms with Crippen molar-refractivity contribution in [3.63, 3.8) is 0 Å². The monoisotopic (exact) mass is 461 g/mol. The number of nitrogen functional groups attached to an aromatic ring is 1. The Labute approximate surface area is 199 Å².